The second-order valence-electron chi connectivity index (χ2n) is 4.85. The van der Waals surface area contributed by atoms with E-state index in [-0.39, 0.29) is 12.6 Å². The van der Waals surface area contributed by atoms with Gasteiger partial charge in [-0.1, -0.05) is 12.1 Å². The minimum atomic E-state index is -0.675. The highest BCUT2D eigenvalue weighted by Crippen LogP contribution is 2.15. The van der Waals surface area contributed by atoms with Crippen LogP contribution in [0.4, 0.5) is 10.5 Å². The monoisotopic (exact) mass is 336 g/mol. The topological polar surface area (TPSA) is 61.4 Å². The predicted molar refractivity (Wildman–Crippen MR) is 94.8 cm³/mol. The molecule has 1 unspecified atom stereocenters. The Morgan fingerprint density at radius 1 is 1.32 bits per heavy atom. The van der Waals surface area contributed by atoms with Gasteiger partial charge in [0.2, 0.25) is 0 Å². The number of aliphatic hydroxyl groups excluding tert-OH is 1. The van der Waals surface area contributed by atoms with E-state index >= 15 is 0 Å². The molecule has 1 heterocycles. The SMILES string of the molecule is CSCCc1ccc(NC(=O)NCC(O)c2ccsc2)cc1. The van der Waals surface area contributed by atoms with Gasteiger partial charge in [0, 0.05) is 12.2 Å². The molecule has 2 rings (SSSR count). The second kappa shape index (κ2) is 8.82. The van der Waals surface area contributed by atoms with E-state index in [1.54, 1.807) is 0 Å². The zero-order valence-electron chi connectivity index (χ0n) is 12.4. The normalized spacial score (nSPS) is 11.9. The molecule has 0 aliphatic heterocycles. The molecule has 1 atom stereocenters. The van der Waals surface area contributed by atoms with E-state index in [1.165, 1.54) is 16.9 Å². The molecule has 1 aromatic heterocycles. The number of benzene rings is 1. The van der Waals surface area contributed by atoms with Crippen LogP contribution in [-0.2, 0) is 6.42 Å². The lowest BCUT2D eigenvalue weighted by Crippen LogP contribution is -2.32. The summed E-state index contributed by atoms with van der Waals surface area (Å²) in [6.45, 7) is 0.189. The van der Waals surface area contributed by atoms with Crippen LogP contribution in [0.5, 0.6) is 0 Å². The lowest BCUT2D eigenvalue weighted by Gasteiger charge is -2.12. The highest BCUT2D eigenvalue weighted by molar-refractivity contribution is 7.98. The molecule has 0 aliphatic carbocycles. The van der Waals surface area contributed by atoms with E-state index < -0.39 is 6.10 Å². The molecule has 0 saturated heterocycles. The van der Waals surface area contributed by atoms with Crippen LogP contribution in [0.25, 0.3) is 0 Å². The van der Waals surface area contributed by atoms with Gasteiger partial charge < -0.3 is 15.7 Å². The van der Waals surface area contributed by atoms with E-state index in [2.05, 4.69) is 16.9 Å². The molecule has 1 aromatic carbocycles. The molecule has 0 aliphatic rings. The van der Waals surface area contributed by atoms with E-state index in [0.29, 0.717) is 0 Å². The molecule has 0 saturated carbocycles. The Kier molecular flexibility index (Phi) is 6.76. The lowest BCUT2D eigenvalue weighted by molar-refractivity contribution is 0.175. The molecule has 0 radical (unpaired) electrons. The first-order chi connectivity index (χ1) is 10.7. The zero-order chi connectivity index (χ0) is 15.8. The van der Waals surface area contributed by atoms with Crippen LogP contribution < -0.4 is 10.6 Å². The number of nitrogens with one attached hydrogen (secondary N) is 2. The molecule has 0 bridgehead atoms. The maximum atomic E-state index is 11.8. The smallest absolute Gasteiger partial charge is 0.319 e. The maximum absolute atomic E-state index is 11.8. The number of thiophene rings is 1. The van der Waals surface area contributed by atoms with Gasteiger partial charge in [-0.2, -0.15) is 23.1 Å². The fourth-order valence-corrected chi connectivity index (χ4v) is 3.07. The number of aryl methyl sites for hydroxylation is 1. The van der Waals surface area contributed by atoms with Gasteiger partial charge in [0.15, 0.2) is 0 Å². The van der Waals surface area contributed by atoms with Crippen LogP contribution in [0.2, 0.25) is 0 Å². The van der Waals surface area contributed by atoms with E-state index in [4.69, 9.17) is 0 Å². The third kappa shape index (κ3) is 5.36. The number of urea groups is 1. The van der Waals surface area contributed by atoms with Crippen molar-refractivity contribution in [3.8, 4) is 0 Å². The van der Waals surface area contributed by atoms with Crippen LogP contribution in [0.15, 0.2) is 41.1 Å². The first kappa shape index (κ1) is 16.9. The number of thioether (sulfide) groups is 1. The Bertz CT molecular complexity index is 570. The van der Waals surface area contributed by atoms with E-state index in [9.17, 15) is 9.90 Å². The van der Waals surface area contributed by atoms with Gasteiger partial charge in [0.25, 0.3) is 0 Å². The third-order valence-electron chi connectivity index (χ3n) is 3.19. The minimum Gasteiger partial charge on any atom is -0.387 e. The summed E-state index contributed by atoms with van der Waals surface area (Å²) >= 11 is 3.34. The van der Waals surface area contributed by atoms with Crippen molar-refractivity contribution in [1.82, 2.24) is 5.32 Å². The minimum absolute atomic E-state index is 0.189. The Balaban J connectivity index is 1.76. The highest BCUT2D eigenvalue weighted by atomic mass is 32.2. The summed E-state index contributed by atoms with van der Waals surface area (Å²) in [5, 5.41) is 19.1. The molecule has 6 heteroatoms. The van der Waals surface area contributed by atoms with Crippen LogP contribution in [0.1, 0.15) is 17.2 Å². The van der Waals surface area contributed by atoms with Crippen molar-refractivity contribution in [3.63, 3.8) is 0 Å². The molecule has 118 valence electrons. The summed E-state index contributed by atoms with van der Waals surface area (Å²) in [5.41, 5.74) is 2.83. The Morgan fingerprint density at radius 3 is 2.73 bits per heavy atom. The van der Waals surface area contributed by atoms with Gasteiger partial charge in [-0.05, 0) is 58.5 Å². The fraction of sp³-hybridized carbons (Fsp3) is 0.312. The molecule has 0 spiro atoms. The van der Waals surface area contributed by atoms with Crippen molar-refractivity contribution in [1.29, 1.82) is 0 Å². The molecule has 3 N–H and O–H groups in total. The summed E-state index contributed by atoms with van der Waals surface area (Å²) in [7, 11) is 0. The number of anilines is 1. The molecule has 22 heavy (non-hydrogen) atoms. The van der Waals surface area contributed by atoms with Gasteiger partial charge in [0.05, 0.1) is 6.10 Å². The first-order valence-electron chi connectivity index (χ1n) is 7.02. The van der Waals surface area contributed by atoms with Gasteiger partial charge in [-0.15, -0.1) is 0 Å². The van der Waals surface area contributed by atoms with Crippen LogP contribution in [0, 0.1) is 0 Å². The summed E-state index contributed by atoms with van der Waals surface area (Å²) < 4.78 is 0. The number of aliphatic hydroxyl groups is 1. The quantitative estimate of drug-likeness (QED) is 0.725. The summed E-state index contributed by atoms with van der Waals surface area (Å²) in [5.74, 6) is 1.09. The number of amides is 2. The van der Waals surface area contributed by atoms with Crippen LogP contribution in [0.3, 0.4) is 0 Å². The fourth-order valence-electron chi connectivity index (χ4n) is 1.92. The number of carbonyl (C=O) groups excluding carboxylic acids is 1. The molecular weight excluding hydrogens is 316 g/mol. The summed E-state index contributed by atoms with van der Waals surface area (Å²) in [6, 6.07) is 9.36. The average molecular weight is 336 g/mol. The molecule has 2 aromatic rings. The molecular formula is C16H20N2O2S2. The van der Waals surface area contributed by atoms with Crippen LogP contribution in [-0.4, -0.2) is 29.7 Å². The van der Waals surface area contributed by atoms with Gasteiger partial charge in [0.1, 0.15) is 0 Å². The number of hydrogen-bond acceptors (Lipinski definition) is 4. The summed E-state index contributed by atoms with van der Waals surface area (Å²) in [6.07, 6.45) is 2.44. The average Bonchev–Trinajstić information content (AvgIpc) is 3.06. The highest BCUT2D eigenvalue weighted by Gasteiger charge is 2.09. The first-order valence-corrected chi connectivity index (χ1v) is 9.35. The summed E-state index contributed by atoms with van der Waals surface area (Å²) in [4.78, 5) is 11.8. The van der Waals surface area contributed by atoms with Crippen molar-refractivity contribution in [2.24, 2.45) is 0 Å². The van der Waals surface area contributed by atoms with Crippen LogP contribution >= 0.6 is 23.1 Å². The van der Waals surface area contributed by atoms with Gasteiger partial charge in [-0.25, -0.2) is 4.79 Å². The lowest BCUT2D eigenvalue weighted by atomic mass is 10.1. The molecule has 4 nitrogen and oxygen atoms in total. The maximum Gasteiger partial charge on any atom is 0.319 e. The largest absolute Gasteiger partial charge is 0.387 e. The zero-order valence-corrected chi connectivity index (χ0v) is 14.0. The Labute approximate surface area is 138 Å². The van der Waals surface area contributed by atoms with Gasteiger partial charge >= 0.3 is 6.03 Å². The Morgan fingerprint density at radius 2 is 2.09 bits per heavy atom. The van der Waals surface area contributed by atoms with Crippen molar-refractivity contribution < 1.29 is 9.90 Å². The van der Waals surface area contributed by atoms with Crippen molar-refractivity contribution >= 4 is 34.8 Å². The molecule has 0 fully saturated rings. The van der Waals surface area contributed by atoms with E-state index in [0.717, 1.165) is 23.4 Å². The van der Waals surface area contributed by atoms with Crippen molar-refractivity contribution in [2.45, 2.75) is 12.5 Å². The Hall–Kier alpha value is -1.50. The number of carbonyl (C=O) groups is 1. The number of rotatable bonds is 7. The second-order valence-corrected chi connectivity index (χ2v) is 6.61. The predicted octanol–water partition coefficient (Wildman–Crippen LogP) is 3.51. The molecule has 2 amide bonds. The third-order valence-corrected chi connectivity index (χ3v) is 4.50. The van der Waals surface area contributed by atoms with Crippen molar-refractivity contribution in [2.75, 3.05) is 23.9 Å². The van der Waals surface area contributed by atoms with Gasteiger partial charge in [-0.3, -0.25) is 0 Å². The van der Waals surface area contributed by atoms with Crippen molar-refractivity contribution in [3.05, 3.63) is 52.2 Å². The van der Waals surface area contributed by atoms with E-state index in [1.807, 2.05) is 52.9 Å². The number of hydrogen-bond donors (Lipinski definition) is 3. The standard InChI is InChI=1S/C16H20N2O2S2/c1-21-8-6-12-2-4-14(5-3-12)18-16(20)17-10-15(19)13-7-9-22-11-13/h2-5,7,9,11,15,19H,6,8,10H2,1H3,(H2,17,18,20).